The monoisotopic (exact) mass is 248 g/mol. The molecule has 17 heavy (non-hydrogen) atoms. The molecule has 1 N–H and O–H groups in total. The van der Waals surface area contributed by atoms with E-state index in [1.54, 1.807) is 11.3 Å². The van der Waals surface area contributed by atoms with E-state index in [4.69, 9.17) is 0 Å². The Morgan fingerprint density at radius 2 is 2.35 bits per heavy atom. The number of imidazole rings is 1. The molecule has 1 fully saturated rings. The number of aryl methyl sites for hydroxylation is 1. The topological polar surface area (TPSA) is 42.7 Å². The highest BCUT2D eigenvalue weighted by atomic mass is 32.1. The standard InChI is InChI=1S/C12H16N4S/c1-9-13-5-12(17-9)7-16-6-11(15-8-16)4-14-10-2-3-10/h5-6,8,10,14H,2-4,7H2,1H3. The highest BCUT2D eigenvalue weighted by Gasteiger charge is 2.20. The van der Waals surface area contributed by atoms with Gasteiger partial charge in [0.15, 0.2) is 0 Å². The third-order valence-electron chi connectivity index (χ3n) is 2.84. The zero-order valence-corrected chi connectivity index (χ0v) is 10.7. The first-order valence-corrected chi connectivity index (χ1v) is 6.76. The number of hydrogen-bond acceptors (Lipinski definition) is 4. The van der Waals surface area contributed by atoms with Crippen LogP contribution in [0, 0.1) is 6.92 Å². The van der Waals surface area contributed by atoms with E-state index in [0.717, 1.165) is 29.8 Å². The van der Waals surface area contributed by atoms with Crippen molar-refractivity contribution in [3.05, 3.63) is 34.3 Å². The van der Waals surface area contributed by atoms with Crippen molar-refractivity contribution < 1.29 is 0 Å². The van der Waals surface area contributed by atoms with Crippen LogP contribution in [-0.2, 0) is 13.1 Å². The summed E-state index contributed by atoms with van der Waals surface area (Å²) in [5.74, 6) is 0. The second-order valence-electron chi connectivity index (χ2n) is 4.54. The maximum absolute atomic E-state index is 4.40. The predicted octanol–water partition coefficient (Wildman–Crippen LogP) is 1.95. The maximum Gasteiger partial charge on any atom is 0.0953 e. The Hall–Kier alpha value is -1.20. The molecule has 0 saturated heterocycles. The van der Waals surface area contributed by atoms with Crippen LogP contribution in [0.5, 0.6) is 0 Å². The fraction of sp³-hybridized carbons (Fsp3) is 0.500. The van der Waals surface area contributed by atoms with Crippen LogP contribution in [-0.4, -0.2) is 20.6 Å². The molecule has 1 aliphatic rings. The molecule has 0 atom stereocenters. The minimum Gasteiger partial charge on any atom is -0.332 e. The lowest BCUT2D eigenvalue weighted by Crippen LogP contribution is -2.15. The Morgan fingerprint density at radius 3 is 3.06 bits per heavy atom. The molecule has 0 radical (unpaired) electrons. The van der Waals surface area contributed by atoms with Gasteiger partial charge in [-0.15, -0.1) is 11.3 Å². The van der Waals surface area contributed by atoms with Crippen molar-refractivity contribution in [2.45, 2.75) is 38.9 Å². The van der Waals surface area contributed by atoms with Crippen LogP contribution in [0.4, 0.5) is 0 Å². The van der Waals surface area contributed by atoms with Gasteiger partial charge < -0.3 is 9.88 Å². The molecule has 4 nitrogen and oxygen atoms in total. The summed E-state index contributed by atoms with van der Waals surface area (Å²) in [7, 11) is 0. The van der Waals surface area contributed by atoms with E-state index in [2.05, 4.69) is 26.0 Å². The van der Waals surface area contributed by atoms with E-state index in [1.807, 2.05) is 19.4 Å². The van der Waals surface area contributed by atoms with E-state index in [-0.39, 0.29) is 0 Å². The summed E-state index contributed by atoms with van der Waals surface area (Å²) in [4.78, 5) is 9.94. The van der Waals surface area contributed by atoms with E-state index in [1.165, 1.54) is 17.7 Å². The lowest BCUT2D eigenvalue weighted by molar-refractivity contribution is 0.676. The molecule has 3 rings (SSSR count). The van der Waals surface area contributed by atoms with Gasteiger partial charge in [0.1, 0.15) is 0 Å². The van der Waals surface area contributed by atoms with Crippen LogP contribution in [0.15, 0.2) is 18.7 Å². The van der Waals surface area contributed by atoms with E-state index in [9.17, 15) is 0 Å². The molecule has 5 heteroatoms. The van der Waals surface area contributed by atoms with Gasteiger partial charge in [0.25, 0.3) is 0 Å². The summed E-state index contributed by atoms with van der Waals surface area (Å²) in [6.07, 6.45) is 8.60. The second kappa shape index (κ2) is 4.58. The number of rotatable bonds is 5. The largest absolute Gasteiger partial charge is 0.332 e. The number of aromatic nitrogens is 3. The molecule has 2 aromatic heterocycles. The smallest absolute Gasteiger partial charge is 0.0953 e. The summed E-state index contributed by atoms with van der Waals surface area (Å²) in [6, 6.07) is 0.740. The molecule has 1 aliphatic carbocycles. The van der Waals surface area contributed by atoms with Crippen molar-refractivity contribution in [3.8, 4) is 0 Å². The van der Waals surface area contributed by atoms with Gasteiger partial charge in [0.05, 0.1) is 23.6 Å². The summed E-state index contributed by atoms with van der Waals surface area (Å²) in [5, 5.41) is 4.59. The number of nitrogens with one attached hydrogen (secondary N) is 1. The quantitative estimate of drug-likeness (QED) is 0.879. The van der Waals surface area contributed by atoms with E-state index in [0.29, 0.717) is 0 Å². The van der Waals surface area contributed by atoms with Gasteiger partial charge in [-0.25, -0.2) is 9.97 Å². The molecule has 0 aromatic carbocycles. The van der Waals surface area contributed by atoms with Gasteiger partial charge >= 0.3 is 0 Å². The Morgan fingerprint density at radius 1 is 1.47 bits per heavy atom. The highest BCUT2D eigenvalue weighted by molar-refractivity contribution is 7.11. The number of thiazole rings is 1. The third-order valence-corrected chi connectivity index (χ3v) is 3.74. The SMILES string of the molecule is Cc1ncc(Cn2cnc(CNC3CC3)c2)s1. The summed E-state index contributed by atoms with van der Waals surface area (Å²) in [6.45, 7) is 3.80. The highest BCUT2D eigenvalue weighted by Crippen LogP contribution is 2.19. The summed E-state index contributed by atoms with van der Waals surface area (Å²) < 4.78 is 2.12. The van der Waals surface area contributed by atoms with Crippen LogP contribution in [0.3, 0.4) is 0 Å². The van der Waals surface area contributed by atoms with Gasteiger partial charge in [-0.1, -0.05) is 0 Å². The van der Waals surface area contributed by atoms with Gasteiger partial charge in [0.2, 0.25) is 0 Å². The van der Waals surface area contributed by atoms with Crippen LogP contribution in [0.25, 0.3) is 0 Å². The summed E-state index contributed by atoms with van der Waals surface area (Å²) >= 11 is 1.74. The lowest BCUT2D eigenvalue weighted by atomic mass is 10.4. The molecular weight excluding hydrogens is 232 g/mol. The Balaban J connectivity index is 1.59. The maximum atomic E-state index is 4.40. The van der Waals surface area contributed by atoms with Gasteiger partial charge in [-0.05, 0) is 19.8 Å². The minimum atomic E-state index is 0.740. The zero-order valence-electron chi connectivity index (χ0n) is 9.89. The third kappa shape index (κ3) is 2.92. The van der Waals surface area contributed by atoms with Gasteiger partial charge in [-0.2, -0.15) is 0 Å². The molecule has 0 amide bonds. The predicted molar refractivity (Wildman–Crippen MR) is 68.0 cm³/mol. The number of hydrogen-bond donors (Lipinski definition) is 1. The first-order valence-electron chi connectivity index (χ1n) is 5.95. The average molecular weight is 248 g/mol. The molecule has 0 unspecified atom stereocenters. The molecular formula is C12H16N4S. The minimum absolute atomic E-state index is 0.740. The van der Waals surface area contributed by atoms with Crippen LogP contribution < -0.4 is 5.32 Å². The van der Waals surface area contributed by atoms with Crippen LogP contribution in [0.1, 0.15) is 28.4 Å². The van der Waals surface area contributed by atoms with Crippen molar-refractivity contribution in [1.82, 2.24) is 19.9 Å². The lowest BCUT2D eigenvalue weighted by Gasteiger charge is -1.98. The molecule has 2 aromatic rings. The van der Waals surface area contributed by atoms with E-state index < -0.39 is 0 Å². The molecule has 1 saturated carbocycles. The second-order valence-corrected chi connectivity index (χ2v) is 5.86. The van der Waals surface area contributed by atoms with Crippen LogP contribution in [0.2, 0.25) is 0 Å². The molecule has 2 heterocycles. The fourth-order valence-corrected chi connectivity index (χ4v) is 2.58. The molecule has 0 spiro atoms. The zero-order chi connectivity index (χ0) is 11.7. The normalized spacial score (nSPS) is 15.4. The van der Waals surface area contributed by atoms with E-state index >= 15 is 0 Å². The van der Waals surface area contributed by atoms with Gasteiger partial charge in [-0.3, -0.25) is 0 Å². The van der Waals surface area contributed by atoms with Crippen molar-refractivity contribution in [2.75, 3.05) is 0 Å². The molecule has 90 valence electrons. The van der Waals surface area contributed by atoms with Gasteiger partial charge in [0, 0.05) is 29.9 Å². The molecule has 0 aliphatic heterocycles. The number of nitrogens with zero attached hydrogens (tertiary/aromatic N) is 3. The molecule has 0 bridgehead atoms. The van der Waals surface area contributed by atoms with Crippen molar-refractivity contribution in [1.29, 1.82) is 0 Å². The fourth-order valence-electron chi connectivity index (χ4n) is 1.78. The Labute approximate surface area is 105 Å². The summed E-state index contributed by atoms with van der Waals surface area (Å²) in [5.41, 5.74) is 1.12. The van der Waals surface area contributed by atoms with Crippen molar-refractivity contribution >= 4 is 11.3 Å². The average Bonchev–Trinajstić information content (AvgIpc) is 2.90. The first-order chi connectivity index (χ1) is 8.29. The van der Waals surface area contributed by atoms with Crippen LogP contribution >= 0.6 is 11.3 Å². The van der Waals surface area contributed by atoms with Crippen molar-refractivity contribution in [3.63, 3.8) is 0 Å². The Kier molecular flexibility index (Phi) is 2.94. The first kappa shape index (κ1) is 10.9. The Bertz CT molecular complexity index is 498. The van der Waals surface area contributed by atoms with Crippen molar-refractivity contribution in [2.24, 2.45) is 0 Å².